The second-order valence-corrected chi connectivity index (χ2v) is 5.61. The molecule has 0 saturated carbocycles. The highest BCUT2D eigenvalue weighted by Crippen LogP contribution is 2.34. The Balaban J connectivity index is 1.92. The predicted molar refractivity (Wildman–Crippen MR) is 88.5 cm³/mol. The van der Waals surface area contributed by atoms with E-state index in [1.165, 1.54) is 0 Å². The maximum absolute atomic E-state index is 12.0. The van der Waals surface area contributed by atoms with Gasteiger partial charge in [0.05, 0.1) is 21.3 Å². The summed E-state index contributed by atoms with van der Waals surface area (Å²) in [4.78, 5) is 12.0. The van der Waals surface area contributed by atoms with Gasteiger partial charge in [-0.1, -0.05) is 0 Å². The summed E-state index contributed by atoms with van der Waals surface area (Å²) in [5, 5.41) is 6.30. The molecule has 1 aromatic carbocycles. The molecule has 6 nitrogen and oxygen atoms in total. The minimum Gasteiger partial charge on any atom is -0.496 e. The summed E-state index contributed by atoms with van der Waals surface area (Å²) in [6, 6.07) is 3.96. The molecule has 1 unspecified atom stereocenters. The number of carbonyl (C=O) groups is 1. The third kappa shape index (κ3) is 4.76. The molecule has 1 heterocycles. The molecule has 1 aliphatic rings. The van der Waals surface area contributed by atoms with Gasteiger partial charge >= 0.3 is 0 Å². The molecule has 2 rings (SSSR count). The Morgan fingerprint density at radius 3 is 2.43 bits per heavy atom. The maximum Gasteiger partial charge on any atom is 0.221 e. The zero-order valence-electron chi connectivity index (χ0n) is 14.1. The van der Waals surface area contributed by atoms with Crippen LogP contribution in [0.25, 0.3) is 0 Å². The molecule has 0 aliphatic carbocycles. The van der Waals surface area contributed by atoms with Gasteiger partial charge in [0.25, 0.3) is 0 Å². The molecule has 1 fully saturated rings. The molecule has 0 bridgehead atoms. The number of amides is 1. The smallest absolute Gasteiger partial charge is 0.221 e. The zero-order valence-corrected chi connectivity index (χ0v) is 14.1. The molecular weight excluding hydrogens is 296 g/mol. The van der Waals surface area contributed by atoms with Crippen LogP contribution in [0.4, 0.5) is 0 Å². The van der Waals surface area contributed by atoms with E-state index in [-0.39, 0.29) is 5.91 Å². The highest BCUT2D eigenvalue weighted by Gasteiger charge is 2.18. The van der Waals surface area contributed by atoms with E-state index >= 15 is 0 Å². The van der Waals surface area contributed by atoms with Gasteiger partial charge < -0.3 is 24.8 Å². The first-order chi connectivity index (χ1) is 11.2. The second-order valence-electron chi connectivity index (χ2n) is 5.61. The van der Waals surface area contributed by atoms with E-state index in [0.29, 0.717) is 42.7 Å². The van der Waals surface area contributed by atoms with Gasteiger partial charge in [0.1, 0.15) is 17.2 Å². The summed E-state index contributed by atoms with van der Waals surface area (Å²) >= 11 is 0. The number of benzene rings is 1. The Morgan fingerprint density at radius 2 is 1.91 bits per heavy atom. The van der Waals surface area contributed by atoms with Gasteiger partial charge in [-0.2, -0.15) is 0 Å². The first kappa shape index (κ1) is 17.4. The van der Waals surface area contributed by atoms with Gasteiger partial charge in [-0.25, -0.2) is 0 Å². The average Bonchev–Trinajstić information content (AvgIpc) is 3.07. The lowest BCUT2D eigenvalue weighted by Gasteiger charge is -2.16. The molecule has 1 aliphatic heterocycles. The van der Waals surface area contributed by atoms with Gasteiger partial charge in [0.2, 0.25) is 5.91 Å². The van der Waals surface area contributed by atoms with E-state index in [1.54, 1.807) is 21.3 Å². The predicted octanol–water partition coefficient (Wildman–Crippen LogP) is 1.51. The highest BCUT2D eigenvalue weighted by atomic mass is 16.5. The fraction of sp³-hybridized carbons (Fsp3) is 0.588. The maximum atomic E-state index is 12.0. The largest absolute Gasteiger partial charge is 0.496 e. The molecular formula is C17H26N2O4. The van der Waals surface area contributed by atoms with Gasteiger partial charge in [-0.05, 0) is 25.8 Å². The number of ether oxygens (including phenoxy) is 3. The van der Waals surface area contributed by atoms with E-state index in [0.717, 1.165) is 24.9 Å². The second kappa shape index (κ2) is 8.62. The molecule has 1 saturated heterocycles. The molecule has 23 heavy (non-hydrogen) atoms. The monoisotopic (exact) mass is 322 g/mol. The fourth-order valence-corrected chi connectivity index (χ4v) is 2.88. The van der Waals surface area contributed by atoms with Crippen molar-refractivity contribution in [2.45, 2.75) is 31.7 Å². The van der Waals surface area contributed by atoms with E-state index in [1.807, 2.05) is 12.1 Å². The van der Waals surface area contributed by atoms with Crippen LogP contribution in [0.2, 0.25) is 0 Å². The Morgan fingerprint density at radius 1 is 1.22 bits per heavy atom. The van der Waals surface area contributed by atoms with Crippen LogP contribution < -0.4 is 24.8 Å². The lowest BCUT2D eigenvalue weighted by atomic mass is 10.1. The van der Waals surface area contributed by atoms with E-state index < -0.39 is 0 Å². The molecule has 1 amide bonds. The van der Waals surface area contributed by atoms with Crippen LogP contribution in [-0.4, -0.2) is 46.4 Å². The Hall–Kier alpha value is -1.95. The Bertz CT molecular complexity index is 502. The van der Waals surface area contributed by atoms with Crippen LogP contribution in [0.15, 0.2) is 12.1 Å². The number of nitrogens with one attached hydrogen (secondary N) is 2. The summed E-state index contributed by atoms with van der Waals surface area (Å²) in [5.74, 6) is 2.16. The summed E-state index contributed by atoms with van der Waals surface area (Å²) in [5.41, 5.74) is 0.926. The third-order valence-electron chi connectivity index (χ3n) is 4.11. The first-order valence-corrected chi connectivity index (χ1v) is 7.97. The molecule has 1 aromatic rings. The van der Waals surface area contributed by atoms with E-state index in [2.05, 4.69) is 10.6 Å². The number of methoxy groups -OCH3 is 3. The van der Waals surface area contributed by atoms with Gasteiger partial charge in [-0.15, -0.1) is 0 Å². The Labute approximate surface area is 137 Å². The highest BCUT2D eigenvalue weighted by molar-refractivity contribution is 5.76. The molecule has 0 aromatic heterocycles. The van der Waals surface area contributed by atoms with Crippen LogP contribution in [0.3, 0.4) is 0 Å². The summed E-state index contributed by atoms with van der Waals surface area (Å²) in [6.45, 7) is 1.56. The quantitative estimate of drug-likeness (QED) is 0.759. The van der Waals surface area contributed by atoms with Crippen LogP contribution in [0.5, 0.6) is 17.2 Å². The standard InChI is InChI=1S/C17H26N2O4/c1-21-13-10-15(22-2)14(16(11-13)23-3)6-8-19-17(20)9-12-5-4-7-18-12/h10-12,18H,4-9H2,1-3H3,(H,19,20). The summed E-state index contributed by atoms with van der Waals surface area (Å²) in [6.07, 6.45) is 3.41. The van der Waals surface area contributed by atoms with Crippen molar-refractivity contribution < 1.29 is 19.0 Å². The van der Waals surface area contributed by atoms with Crippen molar-refractivity contribution in [1.82, 2.24) is 10.6 Å². The van der Waals surface area contributed by atoms with Gasteiger partial charge in [0.15, 0.2) is 0 Å². The number of hydrogen-bond donors (Lipinski definition) is 2. The zero-order chi connectivity index (χ0) is 16.7. The van der Waals surface area contributed by atoms with E-state index in [4.69, 9.17) is 14.2 Å². The van der Waals surface area contributed by atoms with Crippen LogP contribution >= 0.6 is 0 Å². The van der Waals surface area contributed by atoms with Crippen molar-refractivity contribution in [2.75, 3.05) is 34.4 Å². The number of carbonyl (C=O) groups excluding carboxylic acids is 1. The van der Waals surface area contributed by atoms with E-state index in [9.17, 15) is 4.79 Å². The van der Waals surface area contributed by atoms with Gasteiger partial charge in [0, 0.05) is 36.7 Å². The molecule has 0 spiro atoms. The lowest BCUT2D eigenvalue weighted by Crippen LogP contribution is -2.32. The first-order valence-electron chi connectivity index (χ1n) is 7.97. The molecule has 1 atom stereocenters. The minimum atomic E-state index is 0.0795. The SMILES string of the molecule is COc1cc(OC)c(CCNC(=O)CC2CCCN2)c(OC)c1. The van der Waals surface area contributed by atoms with Crippen molar-refractivity contribution in [3.05, 3.63) is 17.7 Å². The van der Waals surface area contributed by atoms with Crippen molar-refractivity contribution in [1.29, 1.82) is 0 Å². The molecule has 2 N–H and O–H groups in total. The summed E-state index contributed by atoms with van der Waals surface area (Å²) < 4.78 is 16.1. The van der Waals surface area contributed by atoms with Crippen LogP contribution in [-0.2, 0) is 11.2 Å². The summed E-state index contributed by atoms with van der Waals surface area (Å²) in [7, 11) is 4.83. The van der Waals surface area contributed by atoms with Crippen molar-refractivity contribution >= 4 is 5.91 Å². The number of rotatable bonds is 8. The molecule has 6 heteroatoms. The van der Waals surface area contributed by atoms with Gasteiger partial charge in [-0.3, -0.25) is 4.79 Å². The van der Waals surface area contributed by atoms with Crippen LogP contribution in [0.1, 0.15) is 24.8 Å². The Kier molecular flexibility index (Phi) is 6.52. The third-order valence-corrected chi connectivity index (χ3v) is 4.11. The van der Waals surface area contributed by atoms with Crippen molar-refractivity contribution in [3.63, 3.8) is 0 Å². The fourth-order valence-electron chi connectivity index (χ4n) is 2.88. The average molecular weight is 322 g/mol. The molecule has 0 radical (unpaired) electrons. The topological polar surface area (TPSA) is 68.8 Å². The van der Waals surface area contributed by atoms with Crippen LogP contribution in [0, 0.1) is 0 Å². The minimum absolute atomic E-state index is 0.0795. The normalized spacial score (nSPS) is 16.9. The van der Waals surface area contributed by atoms with Crippen molar-refractivity contribution in [2.24, 2.45) is 0 Å². The lowest BCUT2D eigenvalue weighted by molar-refractivity contribution is -0.121. The van der Waals surface area contributed by atoms with Crippen molar-refractivity contribution in [3.8, 4) is 17.2 Å². The molecule has 128 valence electrons. The number of hydrogen-bond acceptors (Lipinski definition) is 5.